The zero-order valence-electron chi connectivity index (χ0n) is 30.7. The van der Waals surface area contributed by atoms with E-state index in [1.165, 1.54) is 27.8 Å². The minimum Gasteiger partial charge on any atom is -0.510 e. The third-order valence-corrected chi connectivity index (χ3v) is 9.13. The zero-order chi connectivity index (χ0) is 35.7. The van der Waals surface area contributed by atoms with Crippen LogP contribution in [0.5, 0.6) is 11.5 Å². The van der Waals surface area contributed by atoms with Crippen molar-refractivity contribution >= 4 is 22.9 Å². The minimum absolute atomic E-state index is 0. The summed E-state index contributed by atoms with van der Waals surface area (Å²) in [6.07, 6.45) is 5.94. The van der Waals surface area contributed by atoms with Gasteiger partial charge < -0.3 is 19.4 Å². The Bertz CT molecular complexity index is 2200. The molecule has 0 aliphatic carbocycles. The van der Waals surface area contributed by atoms with Gasteiger partial charge in [0.1, 0.15) is 5.82 Å². The molecule has 5 nitrogen and oxygen atoms in total. The molecule has 0 bridgehead atoms. The fourth-order valence-corrected chi connectivity index (χ4v) is 6.75. The summed E-state index contributed by atoms with van der Waals surface area (Å²) in [7, 11) is 2.01. The fourth-order valence-electron chi connectivity index (χ4n) is 6.75. The van der Waals surface area contributed by atoms with Crippen LogP contribution in [-0.2, 0) is 26.5 Å². The minimum atomic E-state index is -0.0551. The number of rotatable bonds is 8. The van der Waals surface area contributed by atoms with Crippen LogP contribution in [-0.4, -0.2) is 16.9 Å². The van der Waals surface area contributed by atoms with Crippen molar-refractivity contribution < 1.29 is 25.8 Å². The van der Waals surface area contributed by atoms with Crippen LogP contribution in [0.15, 0.2) is 128 Å². The summed E-state index contributed by atoms with van der Waals surface area (Å²) in [6, 6.07) is 45.1. The number of pyridine rings is 1. The molecule has 1 aromatic heterocycles. The summed E-state index contributed by atoms with van der Waals surface area (Å²) in [5.74, 6) is 1.99. The summed E-state index contributed by atoms with van der Waals surface area (Å²) >= 11 is 0. The van der Waals surface area contributed by atoms with Crippen LogP contribution in [0.2, 0.25) is 0 Å². The Morgan fingerprint density at radius 3 is 2.17 bits per heavy atom. The second kappa shape index (κ2) is 15.2. The Morgan fingerprint density at radius 2 is 1.46 bits per heavy atom. The van der Waals surface area contributed by atoms with Crippen LogP contribution in [0.3, 0.4) is 0 Å². The first-order valence-corrected chi connectivity index (χ1v) is 17.3. The van der Waals surface area contributed by atoms with Gasteiger partial charge in [-0.05, 0) is 91.7 Å². The van der Waals surface area contributed by atoms with Gasteiger partial charge in [0.05, 0.1) is 5.69 Å². The molecule has 6 aromatic rings. The topological polar surface area (TPSA) is 31.8 Å². The molecule has 0 unspecified atom stereocenters. The van der Waals surface area contributed by atoms with E-state index in [9.17, 15) is 0 Å². The number of ether oxygens (including phenoxy) is 1. The molecule has 0 saturated heterocycles. The van der Waals surface area contributed by atoms with Gasteiger partial charge in [-0.3, -0.25) is 0 Å². The monoisotopic (exact) mass is 862 g/mol. The molecule has 2 heterocycles. The smallest absolute Gasteiger partial charge is 0.135 e. The number of para-hydroxylation sites is 1. The number of anilines is 4. The van der Waals surface area contributed by atoms with Crippen LogP contribution in [0.25, 0.3) is 22.3 Å². The molecule has 0 amide bonds. The van der Waals surface area contributed by atoms with E-state index in [1.807, 2.05) is 55.4 Å². The molecule has 0 saturated carbocycles. The van der Waals surface area contributed by atoms with E-state index >= 15 is 0 Å². The van der Waals surface area contributed by atoms with Gasteiger partial charge in [0.2, 0.25) is 0 Å². The molecule has 0 radical (unpaired) electrons. The van der Waals surface area contributed by atoms with Crippen molar-refractivity contribution in [2.24, 2.45) is 0 Å². The first kappa shape index (κ1) is 36.7. The molecule has 0 spiro atoms. The van der Waals surface area contributed by atoms with E-state index in [0.29, 0.717) is 11.5 Å². The van der Waals surface area contributed by atoms with Gasteiger partial charge in [-0.15, -0.1) is 47.6 Å². The molecule has 0 N–H and O–H groups in total. The zero-order valence-corrected chi connectivity index (χ0v) is 33.0. The van der Waals surface area contributed by atoms with E-state index in [0.717, 1.165) is 39.6 Å². The maximum Gasteiger partial charge on any atom is 0.135 e. The number of benzene rings is 5. The van der Waals surface area contributed by atoms with Gasteiger partial charge in [-0.1, -0.05) is 92.7 Å². The second-order valence-corrected chi connectivity index (χ2v) is 14.3. The molecule has 266 valence electrons. The van der Waals surface area contributed by atoms with Gasteiger partial charge in [0.25, 0.3) is 0 Å². The van der Waals surface area contributed by atoms with E-state index in [2.05, 4.69) is 154 Å². The third-order valence-electron chi connectivity index (χ3n) is 9.13. The predicted octanol–water partition coefficient (Wildman–Crippen LogP) is 11.8. The average Bonchev–Trinajstić information content (AvgIpc) is 3.55. The Morgan fingerprint density at radius 1 is 0.731 bits per heavy atom. The van der Waals surface area contributed by atoms with E-state index in [1.54, 1.807) is 0 Å². The molecule has 1 aliphatic heterocycles. The predicted molar refractivity (Wildman–Crippen MR) is 211 cm³/mol. The van der Waals surface area contributed by atoms with Crippen LogP contribution in [0.4, 0.5) is 22.9 Å². The summed E-state index contributed by atoms with van der Waals surface area (Å²) in [4.78, 5) is 11.2. The van der Waals surface area contributed by atoms with Gasteiger partial charge in [-0.2, -0.15) is 12.7 Å². The summed E-state index contributed by atoms with van der Waals surface area (Å²) in [5, 5.41) is 0. The third kappa shape index (κ3) is 7.86. The molecular formula is C46H43N4OPt-3. The summed E-state index contributed by atoms with van der Waals surface area (Å²) in [5.41, 5.74) is 12.0. The van der Waals surface area contributed by atoms with Crippen molar-refractivity contribution in [3.8, 4) is 33.8 Å². The molecule has 0 atom stereocenters. The molecule has 6 heteroatoms. The molecule has 52 heavy (non-hydrogen) atoms. The Kier molecular flexibility index (Phi) is 10.7. The number of nitrogens with zero attached hydrogens (tertiary/aromatic N) is 4. The van der Waals surface area contributed by atoms with Crippen LogP contribution in [0, 0.1) is 39.6 Å². The molecule has 5 aromatic carbocycles. The van der Waals surface area contributed by atoms with Crippen LogP contribution in [0.1, 0.15) is 43.0 Å². The Labute approximate surface area is 323 Å². The first-order valence-electron chi connectivity index (χ1n) is 17.3. The van der Waals surface area contributed by atoms with Crippen molar-refractivity contribution in [2.75, 3.05) is 16.8 Å². The summed E-state index contributed by atoms with van der Waals surface area (Å²) in [6.45, 7) is 15.2. The first-order chi connectivity index (χ1) is 24.5. The van der Waals surface area contributed by atoms with Crippen LogP contribution >= 0.6 is 0 Å². The van der Waals surface area contributed by atoms with E-state index in [4.69, 9.17) is 9.72 Å². The molecule has 7 rings (SSSR count). The second-order valence-electron chi connectivity index (χ2n) is 14.3. The number of hydrogen-bond acceptors (Lipinski definition) is 5. The van der Waals surface area contributed by atoms with Crippen molar-refractivity contribution in [1.82, 2.24) is 9.88 Å². The standard InChI is InChI=1S/C46H43N4O.Pt/c1-32-24-33(2)45(34(3)25-32)36-26-39(49-23-22-48(7)31-49)30-41(27-36)51-40-17-13-16-38(29-40)50(44-28-37(20-21-47-44)46(4,5)6)43-19-12-11-18-42(43)35-14-9-8-10-15-35;/h8-28,31H,1-7H3;/q-3;. The largest absolute Gasteiger partial charge is 0.510 e. The van der Waals surface area contributed by atoms with Gasteiger partial charge in [-0.25, -0.2) is 4.98 Å². The Hall–Kier alpha value is -5.12. The van der Waals surface area contributed by atoms with E-state index < -0.39 is 0 Å². The molecule has 0 fully saturated rings. The van der Waals surface area contributed by atoms with Gasteiger partial charge in [0, 0.05) is 44.3 Å². The molecule has 1 aliphatic rings. The quantitative estimate of drug-likeness (QED) is 0.142. The summed E-state index contributed by atoms with van der Waals surface area (Å²) < 4.78 is 6.69. The van der Waals surface area contributed by atoms with Crippen molar-refractivity contribution in [2.45, 2.75) is 47.0 Å². The number of aryl methyl sites for hydroxylation is 3. The van der Waals surface area contributed by atoms with Crippen molar-refractivity contribution in [3.63, 3.8) is 0 Å². The molecular weight excluding hydrogens is 820 g/mol. The number of aromatic nitrogens is 1. The average molecular weight is 863 g/mol. The SMILES string of the molecule is Cc1cc(C)c(-c2cc(Oc3[c-]c(N(c4cc(C(C)(C)C)ccn4)c4ccccc4-c4ccccc4)ccc3)[c-]c(N3C=CN(C)[CH-]3)c2)c(C)c1.[Pt]. The van der Waals surface area contributed by atoms with Crippen LogP contribution < -0.4 is 14.5 Å². The van der Waals surface area contributed by atoms with Crippen molar-refractivity contribution in [3.05, 3.63) is 169 Å². The van der Waals surface area contributed by atoms with Crippen molar-refractivity contribution in [1.29, 1.82) is 0 Å². The Balaban J connectivity index is 0.00000464. The van der Waals surface area contributed by atoms with Gasteiger partial charge in [0.15, 0.2) is 0 Å². The van der Waals surface area contributed by atoms with Gasteiger partial charge >= 0.3 is 0 Å². The maximum absolute atomic E-state index is 6.69. The van der Waals surface area contributed by atoms with E-state index in [-0.39, 0.29) is 26.5 Å². The number of hydrogen-bond donors (Lipinski definition) is 0. The fraction of sp³-hybridized carbons (Fsp3) is 0.174. The normalized spacial score (nSPS) is 12.5. The maximum atomic E-state index is 6.69.